The molecule has 0 aliphatic heterocycles. The van der Waals surface area contributed by atoms with Crippen LogP contribution in [-0.2, 0) is 6.54 Å². The predicted octanol–water partition coefficient (Wildman–Crippen LogP) is 2.84. The molecular formula is C13H21IN4S. The molecule has 0 radical (unpaired) electrons. The lowest BCUT2D eigenvalue weighted by Gasteiger charge is -2.16. The number of hydrogen-bond acceptors (Lipinski definition) is 3. The van der Waals surface area contributed by atoms with Crippen molar-refractivity contribution in [2.45, 2.75) is 39.3 Å². The van der Waals surface area contributed by atoms with E-state index in [1.807, 2.05) is 6.20 Å². The Balaban J connectivity index is 0.00000180. The number of nitrogens with zero attached hydrogens (tertiary/aromatic N) is 2. The van der Waals surface area contributed by atoms with E-state index in [1.165, 1.54) is 4.88 Å². The molecule has 4 nitrogen and oxygen atoms in total. The standard InChI is InChI=1S/C13H20N4S.HI/c1-3-14-13(17-11-6-4-5-7-11)16-9-12-15-8-10(2)18-12;/h4-5,8,11H,3,6-7,9H2,1-2H3,(H2,14,16,17);1H. The molecule has 1 aliphatic rings. The molecule has 106 valence electrons. The monoisotopic (exact) mass is 392 g/mol. The molecule has 6 heteroatoms. The number of thiazole rings is 1. The molecule has 0 saturated carbocycles. The van der Waals surface area contributed by atoms with Crippen molar-refractivity contribution in [3.8, 4) is 0 Å². The molecule has 0 amide bonds. The number of rotatable bonds is 4. The molecule has 1 aromatic rings. The summed E-state index contributed by atoms with van der Waals surface area (Å²) in [6.45, 7) is 5.67. The Hall–Kier alpha value is -0.630. The molecule has 1 aliphatic carbocycles. The van der Waals surface area contributed by atoms with Gasteiger partial charge in [-0.2, -0.15) is 0 Å². The second kappa shape index (κ2) is 8.52. The van der Waals surface area contributed by atoms with Crippen molar-refractivity contribution in [1.82, 2.24) is 15.6 Å². The second-order valence-corrected chi connectivity index (χ2v) is 5.66. The van der Waals surface area contributed by atoms with E-state index in [1.54, 1.807) is 11.3 Å². The van der Waals surface area contributed by atoms with Gasteiger partial charge < -0.3 is 10.6 Å². The Kier molecular flexibility index (Phi) is 7.37. The fourth-order valence-electron chi connectivity index (χ4n) is 1.87. The zero-order valence-corrected chi connectivity index (χ0v) is 14.5. The van der Waals surface area contributed by atoms with E-state index in [0.29, 0.717) is 12.6 Å². The van der Waals surface area contributed by atoms with Gasteiger partial charge in [0.15, 0.2) is 5.96 Å². The van der Waals surface area contributed by atoms with Crippen molar-refractivity contribution < 1.29 is 0 Å². The number of aromatic nitrogens is 1. The number of aryl methyl sites for hydroxylation is 1. The van der Waals surface area contributed by atoms with Gasteiger partial charge in [0.1, 0.15) is 5.01 Å². The van der Waals surface area contributed by atoms with Crippen LogP contribution in [0.5, 0.6) is 0 Å². The zero-order chi connectivity index (χ0) is 12.8. The van der Waals surface area contributed by atoms with Crippen LogP contribution in [-0.4, -0.2) is 23.5 Å². The van der Waals surface area contributed by atoms with Crippen molar-refractivity contribution >= 4 is 41.3 Å². The van der Waals surface area contributed by atoms with E-state index in [-0.39, 0.29) is 24.0 Å². The molecule has 0 unspecified atom stereocenters. The van der Waals surface area contributed by atoms with Gasteiger partial charge in [0, 0.05) is 23.7 Å². The molecule has 0 atom stereocenters. The van der Waals surface area contributed by atoms with Gasteiger partial charge in [0.05, 0.1) is 6.54 Å². The largest absolute Gasteiger partial charge is 0.357 e. The molecule has 0 bridgehead atoms. The third kappa shape index (κ3) is 5.48. The Labute approximate surface area is 135 Å². The molecule has 0 aromatic carbocycles. The molecule has 0 saturated heterocycles. The zero-order valence-electron chi connectivity index (χ0n) is 11.3. The first-order valence-corrected chi connectivity index (χ1v) is 7.20. The SMILES string of the molecule is CCNC(=NCc1ncc(C)s1)NC1CC=CC1.I. The van der Waals surface area contributed by atoms with E-state index >= 15 is 0 Å². The summed E-state index contributed by atoms with van der Waals surface area (Å²) in [4.78, 5) is 10.1. The minimum absolute atomic E-state index is 0. The van der Waals surface area contributed by atoms with Crippen LogP contribution >= 0.6 is 35.3 Å². The number of hydrogen-bond donors (Lipinski definition) is 2. The molecule has 2 N–H and O–H groups in total. The molecule has 1 aromatic heterocycles. The lowest BCUT2D eigenvalue weighted by atomic mass is 10.2. The van der Waals surface area contributed by atoms with Gasteiger partial charge in [0.2, 0.25) is 0 Å². The van der Waals surface area contributed by atoms with Crippen molar-refractivity contribution in [2.24, 2.45) is 4.99 Å². The van der Waals surface area contributed by atoms with Gasteiger partial charge in [-0.25, -0.2) is 9.98 Å². The lowest BCUT2D eigenvalue weighted by Crippen LogP contribution is -2.42. The Morgan fingerprint density at radius 3 is 2.79 bits per heavy atom. The molecular weight excluding hydrogens is 371 g/mol. The van der Waals surface area contributed by atoms with Gasteiger partial charge in [-0.15, -0.1) is 35.3 Å². The van der Waals surface area contributed by atoms with Crippen LogP contribution in [0.25, 0.3) is 0 Å². The maximum atomic E-state index is 4.58. The summed E-state index contributed by atoms with van der Waals surface area (Å²) < 4.78 is 0. The molecule has 19 heavy (non-hydrogen) atoms. The van der Waals surface area contributed by atoms with E-state index in [9.17, 15) is 0 Å². The van der Waals surface area contributed by atoms with E-state index < -0.39 is 0 Å². The third-order valence-electron chi connectivity index (χ3n) is 2.73. The van der Waals surface area contributed by atoms with E-state index in [4.69, 9.17) is 0 Å². The minimum Gasteiger partial charge on any atom is -0.357 e. The summed E-state index contributed by atoms with van der Waals surface area (Å²) in [6, 6.07) is 0.487. The average molecular weight is 392 g/mol. The Bertz CT molecular complexity index is 434. The molecule has 2 rings (SSSR count). The number of halogens is 1. The fraction of sp³-hybridized carbons (Fsp3) is 0.538. The number of nitrogens with one attached hydrogen (secondary N) is 2. The third-order valence-corrected chi connectivity index (χ3v) is 3.63. The highest BCUT2D eigenvalue weighted by molar-refractivity contribution is 14.0. The predicted molar refractivity (Wildman–Crippen MR) is 92.4 cm³/mol. The molecule has 1 heterocycles. The quantitative estimate of drug-likeness (QED) is 0.359. The van der Waals surface area contributed by atoms with Crippen LogP contribution < -0.4 is 10.6 Å². The first-order valence-electron chi connectivity index (χ1n) is 6.39. The van der Waals surface area contributed by atoms with Gasteiger partial charge >= 0.3 is 0 Å². The normalized spacial score (nSPS) is 15.4. The molecule has 0 fully saturated rings. The average Bonchev–Trinajstić information content (AvgIpc) is 2.98. The summed E-state index contributed by atoms with van der Waals surface area (Å²) in [5.41, 5.74) is 0. The van der Waals surface area contributed by atoms with E-state index in [2.05, 4.69) is 46.6 Å². The van der Waals surface area contributed by atoms with Crippen molar-refractivity contribution in [3.05, 3.63) is 28.2 Å². The fourth-order valence-corrected chi connectivity index (χ4v) is 2.58. The van der Waals surface area contributed by atoms with Crippen LogP contribution in [0, 0.1) is 6.92 Å². The van der Waals surface area contributed by atoms with Crippen molar-refractivity contribution in [1.29, 1.82) is 0 Å². The summed E-state index contributed by atoms with van der Waals surface area (Å²) >= 11 is 1.70. The Morgan fingerprint density at radius 1 is 1.47 bits per heavy atom. The topological polar surface area (TPSA) is 49.3 Å². The van der Waals surface area contributed by atoms with Gasteiger partial charge in [-0.05, 0) is 26.7 Å². The van der Waals surface area contributed by atoms with Gasteiger partial charge in [0.25, 0.3) is 0 Å². The summed E-state index contributed by atoms with van der Waals surface area (Å²) in [5.74, 6) is 0.888. The summed E-state index contributed by atoms with van der Waals surface area (Å²) in [6.07, 6.45) is 8.50. The molecule has 0 spiro atoms. The smallest absolute Gasteiger partial charge is 0.191 e. The van der Waals surface area contributed by atoms with Crippen molar-refractivity contribution in [2.75, 3.05) is 6.54 Å². The maximum Gasteiger partial charge on any atom is 0.191 e. The highest BCUT2D eigenvalue weighted by Crippen LogP contribution is 2.12. The summed E-state index contributed by atoms with van der Waals surface area (Å²) in [7, 11) is 0. The number of guanidine groups is 1. The first kappa shape index (κ1) is 16.4. The van der Waals surface area contributed by atoms with Gasteiger partial charge in [-0.1, -0.05) is 12.2 Å². The van der Waals surface area contributed by atoms with Gasteiger partial charge in [-0.3, -0.25) is 0 Å². The second-order valence-electron chi connectivity index (χ2n) is 4.34. The van der Waals surface area contributed by atoms with Crippen LogP contribution in [0.4, 0.5) is 0 Å². The first-order chi connectivity index (χ1) is 8.78. The minimum atomic E-state index is 0. The van der Waals surface area contributed by atoms with Crippen molar-refractivity contribution in [3.63, 3.8) is 0 Å². The highest BCUT2D eigenvalue weighted by Gasteiger charge is 2.11. The van der Waals surface area contributed by atoms with Crippen LogP contribution in [0.15, 0.2) is 23.3 Å². The lowest BCUT2D eigenvalue weighted by molar-refractivity contribution is 0.633. The maximum absolute atomic E-state index is 4.58. The van der Waals surface area contributed by atoms with Crippen LogP contribution in [0.2, 0.25) is 0 Å². The summed E-state index contributed by atoms with van der Waals surface area (Å²) in [5, 5.41) is 7.79. The Morgan fingerprint density at radius 2 is 2.21 bits per heavy atom. The van der Waals surface area contributed by atoms with Crippen LogP contribution in [0.3, 0.4) is 0 Å². The number of aliphatic imine (C=N–C) groups is 1. The van der Waals surface area contributed by atoms with E-state index in [0.717, 1.165) is 30.4 Å². The van der Waals surface area contributed by atoms with Crippen LogP contribution in [0.1, 0.15) is 29.7 Å². The highest BCUT2D eigenvalue weighted by atomic mass is 127.